The average Bonchev–Trinajstić information content (AvgIpc) is 2.83. The van der Waals surface area contributed by atoms with Crippen molar-refractivity contribution < 1.29 is 14.6 Å². The number of aliphatic hydroxyl groups is 1. The number of nitrogens with one attached hydrogen (secondary N) is 1. The predicted octanol–water partition coefficient (Wildman–Crippen LogP) is 1.31. The molecule has 98 valence electrons. The summed E-state index contributed by atoms with van der Waals surface area (Å²) >= 11 is 5.68. The van der Waals surface area contributed by atoms with Crippen molar-refractivity contribution in [3.63, 3.8) is 0 Å². The fraction of sp³-hybridized carbons (Fsp3) is 0.462. The van der Waals surface area contributed by atoms with Crippen LogP contribution < -0.4 is 5.32 Å². The van der Waals surface area contributed by atoms with Crippen molar-refractivity contribution in [2.75, 3.05) is 19.8 Å². The van der Waals surface area contributed by atoms with Crippen LogP contribution in [0, 0.1) is 0 Å². The molecule has 1 aromatic carbocycles. The summed E-state index contributed by atoms with van der Waals surface area (Å²) in [6, 6.07) is 7.08. The standard InChI is InChI=1S/C13H16ClNO3/c14-7-10-1-3-11(4-2-10)12(16)15-8-13(17)5-6-18-9-13/h1-4,17H,5-9H2,(H,15,16). The van der Waals surface area contributed by atoms with Crippen molar-refractivity contribution >= 4 is 17.5 Å². The van der Waals surface area contributed by atoms with E-state index in [1.807, 2.05) is 12.1 Å². The molecule has 0 aromatic heterocycles. The van der Waals surface area contributed by atoms with Crippen LogP contribution in [0.15, 0.2) is 24.3 Å². The van der Waals surface area contributed by atoms with Crippen molar-refractivity contribution in [1.82, 2.24) is 5.32 Å². The number of hydrogen-bond acceptors (Lipinski definition) is 3. The molecule has 1 amide bonds. The van der Waals surface area contributed by atoms with Crippen molar-refractivity contribution in [3.8, 4) is 0 Å². The molecular weight excluding hydrogens is 254 g/mol. The van der Waals surface area contributed by atoms with Crippen LogP contribution in [0.3, 0.4) is 0 Å². The maximum absolute atomic E-state index is 11.8. The largest absolute Gasteiger partial charge is 0.386 e. The third kappa shape index (κ3) is 3.22. The van der Waals surface area contributed by atoms with E-state index in [0.29, 0.717) is 24.5 Å². The van der Waals surface area contributed by atoms with Crippen LogP contribution >= 0.6 is 11.6 Å². The van der Waals surface area contributed by atoms with Gasteiger partial charge in [-0.1, -0.05) is 12.1 Å². The SMILES string of the molecule is O=C(NCC1(O)CCOC1)c1ccc(CCl)cc1. The molecule has 1 aliphatic heterocycles. The van der Waals surface area contributed by atoms with Crippen LogP contribution in [0.25, 0.3) is 0 Å². The number of rotatable bonds is 4. The molecule has 1 heterocycles. The van der Waals surface area contributed by atoms with Gasteiger partial charge in [0.1, 0.15) is 5.60 Å². The van der Waals surface area contributed by atoms with Gasteiger partial charge in [0.25, 0.3) is 5.91 Å². The quantitative estimate of drug-likeness (QED) is 0.811. The number of carbonyl (C=O) groups excluding carboxylic acids is 1. The molecular formula is C13H16ClNO3. The fourth-order valence-corrected chi connectivity index (χ4v) is 2.01. The van der Waals surface area contributed by atoms with Gasteiger partial charge in [-0.05, 0) is 17.7 Å². The molecule has 2 N–H and O–H groups in total. The molecule has 2 rings (SSSR count). The van der Waals surface area contributed by atoms with Gasteiger partial charge in [-0.25, -0.2) is 0 Å². The lowest BCUT2D eigenvalue weighted by Crippen LogP contribution is -2.43. The molecule has 1 atom stereocenters. The zero-order valence-corrected chi connectivity index (χ0v) is 10.7. The molecule has 0 spiro atoms. The minimum Gasteiger partial charge on any atom is -0.386 e. The number of amides is 1. The summed E-state index contributed by atoms with van der Waals surface area (Å²) < 4.78 is 5.11. The Bertz CT molecular complexity index is 413. The van der Waals surface area contributed by atoms with Crippen LogP contribution in [-0.2, 0) is 10.6 Å². The Kier molecular flexibility index (Phi) is 4.22. The van der Waals surface area contributed by atoms with E-state index in [9.17, 15) is 9.90 Å². The minimum atomic E-state index is -0.925. The minimum absolute atomic E-state index is 0.198. The lowest BCUT2D eigenvalue weighted by molar-refractivity contribution is 0.0264. The molecule has 0 saturated carbocycles. The molecule has 1 aliphatic rings. The number of ether oxygens (including phenoxy) is 1. The van der Waals surface area contributed by atoms with E-state index < -0.39 is 5.60 Å². The zero-order chi connectivity index (χ0) is 13.0. The summed E-state index contributed by atoms with van der Waals surface area (Å²) in [5.41, 5.74) is 0.605. The number of hydrogen-bond donors (Lipinski definition) is 2. The summed E-state index contributed by atoms with van der Waals surface area (Å²) in [6.07, 6.45) is 0.554. The van der Waals surface area contributed by atoms with Crippen molar-refractivity contribution in [1.29, 1.82) is 0 Å². The Hall–Kier alpha value is -1.10. The van der Waals surface area contributed by atoms with E-state index in [4.69, 9.17) is 16.3 Å². The van der Waals surface area contributed by atoms with E-state index in [2.05, 4.69) is 5.32 Å². The Balaban J connectivity index is 1.90. The molecule has 5 heteroatoms. The molecule has 0 bridgehead atoms. The summed E-state index contributed by atoms with van der Waals surface area (Å²) in [5.74, 6) is 0.232. The maximum atomic E-state index is 11.8. The van der Waals surface area contributed by atoms with Gasteiger partial charge >= 0.3 is 0 Å². The van der Waals surface area contributed by atoms with Gasteiger partial charge in [0.2, 0.25) is 0 Å². The highest BCUT2D eigenvalue weighted by atomic mass is 35.5. The van der Waals surface area contributed by atoms with E-state index in [1.54, 1.807) is 12.1 Å². The van der Waals surface area contributed by atoms with E-state index in [1.165, 1.54) is 0 Å². The summed E-state index contributed by atoms with van der Waals surface area (Å²) in [7, 11) is 0. The van der Waals surface area contributed by atoms with Crippen LogP contribution in [0.1, 0.15) is 22.3 Å². The Labute approximate surface area is 111 Å². The normalized spacial score (nSPS) is 23.0. The van der Waals surface area contributed by atoms with Crippen molar-refractivity contribution in [2.24, 2.45) is 0 Å². The second-order valence-corrected chi connectivity index (χ2v) is 4.81. The number of benzene rings is 1. The molecule has 0 radical (unpaired) electrons. The lowest BCUT2D eigenvalue weighted by atomic mass is 10.0. The Morgan fingerprint density at radius 3 is 2.72 bits per heavy atom. The van der Waals surface area contributed by atoms with Gasteiger partial charge in [0.05, 0.1) is 6.61 Å². The second-order valence-electron chi connectivity index (χ2n) is 4.54. The fourth-order valence-electron chi connectivity index (χ4n) is 1.83. The highest BCUT2D eigenvalue weighted by Crippen LogP contribution is 2.17. The number of carbonyl (C=O) groups is 1. The molecule has 0 aliphatic carbocycles. The Morgan fingerprint density at radius 2 is 2.17 bits per heavy atom. The van der Waals surface area contributed by atoms with Crippen LogP contribution in [-0.4, -0.2) is 36.4 Å². The summed E-state index contributed by atoms with van der Waals surface area (Å²) in [4.78, 5) is 11.8. The first-order chi connectivity index (χ1) is 8.63. The van der Waals surface area contributed by atoms with Crippen LogP contribution in [0.5, 0.6) is 0 Å². The van der Waals surface area contributed by atoms with Gasteiger partial charge in [-0.15, -0.1) is 11.6 Å². The topological polar surface area (TPSA) is 58.6 Å². The maximum Gasteiger partial charge on any atom is 0.251 e. The number of alkyl halides is 1. The molecule has 1 unspecified atom stereocenters. The first-order valence-corrected chi connectivity index (χ1v) is 6.40. The van der Waals surface area contributed by atoms with Gasteiger partial charge in [-0.2, -0.15) is 0 Å². The third-order valence-corrected chi connectivity index (χ3v) is 3.34. The zero-order valence-electron chi connectivity index (χ0n) is 9.99. The molecule has 4 nitrogen and oxygen atoms in total. The highest BCUT2D eigenvalue weighted by Gasteiger charge is 2.32. The third-order valence-electron chi connectivity index (χ3n) is 3.03. The van der Waals surface area contributed by atoms with Crippen LogP contribution in [0.2, 0.25) is 0 Å². The monoisotopic (exact) mass is 269 g/mol. The van der Waals surface area contributed by atoms with Crippen LogP contribution in [0.4, 0.5) is 0 Å². The van der Waals surface area contributed by atoms with Gasteiger partial charge in [0, 0.05) is 31.0 Å². The van der Waals surface area contributed by atoms with Crippen molar-refractivity contribution in [3.05, 3.63) is 35.4 Å². The van der Waals surface area contributed by atoms with Gasteiger partial charge in [-0.3, -0.25) is 4.79 Å². The van der Waals surface area contributed by atoms with Crippen molar-refractivity contribution in [2.45, 2.75) is 17.9 Å². The van der Waals surface area contributed by atoms with E-state index >= 15 is 0 Å². The van der Waals surface area contributed by atoms with Gasteiger partial charge < -0.3 is 15.2 Å². The first kappa shape index (κ1) is 13.3. The molecule has 1 fully saturated rings. The summed E-state index contributed by atoms with van der Waals surface area (Å²) in [5, 5.41) is 12.7. The first-order valence-electron chi connectivity index (χ1n) is 5.86. The lowest BCUT2D eigenvalue weighted by Gasteiger charge is -2.20. The highest BCUT2D eigenvalue weighted by molar-refractivity contribution is 6.17. The molecule has 18 heavy (non-hydrogen) atoms. The smallest absolute Gasteiger partial charge is 0.251 e. The predicted molar refractivity (Wildman–Crippen MR) is 68.7 cm³/mol. The number of halogens is 1. The van der Waals surface area contributed by atoms with E-state index in [-0.39, 0.29) is 19.1 Å². The molecule has 1 aromatic rings. The summed E-state index contributed by atoms with van der Waals surface area (Å²) in [6.45, 7) is 1.03. The Morgan fingerprint density at radius 1 is 1.44 bits per heavy atom. The second kappa shape index (κ2) is 5.69. The average molecular weight is 270 g/mol. The van der Waals surface area contributed by atoms with E-state index in [0.717, 1.165) is 5.56 Å². The van der Waals surface area contributed by atoms with Gasteiger partial charge in [0.15, 0.2) is 0 Å². The molecule has 1 saturated heterocycles.